The van der Waals surface area contributed by atoms with Crippen LogP contribution in [0.2, 0.25) is 0 Å². The van der Waals surface area contributed by atoms with Crippen LogP contribution >= 0.6 is 0 Å². The highest BCUT2D eigenvalue weighted by Gasteiger charge is 2.31. The van der Waals surface area contributed by atoms with Crippen molar-refractivity contribution < 1.29 is 0 Å². The summed E-state index contributed by atoms with van der Waals surface area (Å²) in [5, 5.41) is 20.0. The van der Waals surface area contributed by atoms with Crippen molar-refractivity contribution in [1.29, 1.82) is 10.5 Å². The Morgan fingerprint density at radius 1 is 0.913 bits per heavy atom. The van der Waals surface area contributed by atoms with Gasteiger partial charge < -0.3 is 0 Å². The fourth-order valence-electron chi connectivity index (χ4n) is 2.51. The number of nitriles is 2. The van der Waals surface area contributed by atoms with Crippen molar-refractivity contribution in [2.75, 3.05) is 0 Å². The van der Waals surface area contributed by atoms with Crippen molar-refractivity contribution in [3.63, 3.8) is 0 Å². The Bertz CT molecular complexity index is 854. The van der Waals surface area contributed by atoms with Crippen LogP contribution in [0.3, 0.4) is 0 Å². The summed E-state index contributed by atoms with van der Waals surface area (Å²) >= 11 is 0. The molecule has 0 aliphatic carbocycles. The van der Waals surface area contributed by atoms with Crippen LogP contribution in [0.25, 0.3) is 11.4 Å². The van der Waals surface area contributed by atoms with E-state index < -0.39 is 6.04 Å². The molecule has 3 rings (SSSR count). The van der Waals surface area contributed by atoms with Crippen LogP contribution in [0.5, 0.6) is 0 Å². The number of hydrogen-bond donors (Lipinski definition) is 1. The van der Waals surface area contributed by atoms with Gasteiger partial charge in [0, 0.05) is 11.1 Å². The Kier molecular flexibility index (Phi) is 3.88. The fraction of sp³-hybridized carbons (Fsp3) is 0.0556. The topological polar surface area (TPSA) is 89.2 Å². The molecule has 5 heteroatoms. The van der Waals surface area contributed by atoms with Crippen LogP contribution in [0.4, 0.5) is 0 Å². The number of benzene rings is 2. The molecule has 5 nitrogen and oxygen atoms in total. The Morgan fingerprint density at radius 2 is 1.48 bits per heavy atom. The van der Waals surface area contributed by atoms with Crippen LogP contribution in [0.1, 0.15) is 11.1 Å². The van der Waals surface area contributed by atoms with E-state index in [2.05, 4.69) is 4.99 Å². The third-order valence-corrected chi connectivity index (χ3v) is 3.58. The maximum atomic E-state index is 9.36. The predicted octanol–water partition coefficient (Wildman–Crippen LogP) is 2.56. The van der Waals surface area contributed by atoms with Gasteiger partial charge >= 0.3 is 0 Å². The van der Waals surface area contributed by atoms with Crippen LogP contribution in [-0.2, 0) is 0 Å². The van der Waals surface area contributed by atoms with E-state index in [0.717, 1.165) is 11.1 Å². The molecule has 23 heavy (non-hydrogen) atoms. The molecule has 0 amide bonds. The van der Waals surface area contributed by atoms with E-state index in [4.69, 9.17) is 5.84 Å². The SMILES string of the molecule is N#CC1=NC(c2ccccc2)=C(c2ccccc2)N(N)C1C#N. The van der Waals surface area contributed by atoms with E-state index in [1.807, 2.05) is 72.8 Å². The maximum Gasteiger partial charge on any atom is 0.183 e. The third-order valence-electron chi connectivity index (χ3n) is 3.58. The molecule has 0 spiro atoms. The molecule has 2 aromatic rings. The highest BCUT2D eigenvalue weighted by molar-refractivity contribution is 6.11. The summed E-state index contributed by atoms with van der Waals surface area (Å²) in [6.07, 6.45) is 0. The van der Waals surface area contributed by atoms with Crippen LogP contribution in [0.15, 0.2) is 65.7 Å². The van der Waals surface area contributed by atoms with Crippen molar-refractivity contribution in [3.8, 4) is 12.1 Å². The summed E-state index contributed by atoms with van der Waals surface area (Å²) < 4.78 is 0. The summed E-state index contributed by atoms with van der Waals surface area (Å²) in [7, 11) is 0. The van der Waals surface area contributed by atoms with Gasteiger partial charge in [0.2, 0.25) is 0 Å². The minimum absolute atomic E-state index is 0.0912. The average molecular weight is 299 g/mol. The molecular weight excluding hydrogens is 286 g/mol. The first kappa shape index (κ1) is 14.5. The molecule has 1 unspecified atom stereocenters. The van der Waals surface area contributed by atoms with E-state index in [1.54, 1.807) is 0 Å². The molecule has 110 valence electrons. The van der Waals surface area contributed by atoms with Crippen molar-refractivity contribution in [1.82, 2.24) is 5.01 Å². The first-order chi connectivity index (χ1) is 11.3. The summed E-state index contributed by atoms with van der Waals surface area (Å²) in [6.45, 7) is 0. The molecule has 1 atom stereocenters. The zero-order valence-electron chi connectivity index (χ0n) is 12.2. The molecule has 0 saturated heterocycles. The largest absolute Gasteiger partial charge is 0.284 e. The van der Waals surface area contributed by atoms with E-state index >= 15 is 0 Å². The molecule has 0 saturated carbocycles. The van der Waals surface area contributed by atoms with Crippen molar-refractivity contribution >= 4 is 17.1 Å². The number of rotatable bonds is 2. The van der Waals surface area contributed by atoms with Crippen LogP contribution in [0, 0.1) is 22.7 Å². The number of hydrazine groups is 1. The number of hydrogen-bond acceptors (Lipinski definition) is 5. The van der Waals surface area contributed by atoms with Crippen molar-refractivity contribution in [2.45, 2.75) is 6.04 Å². The molecule has 0 bridgehead atoms. The van der Waals surface area contributed by atoms with Crippen molar-refractivity contribution in [2.24, 2.45) is 10.8 Å². The second-order valence-corrected chi connectivity index (χ2v) is 4.98. The molecule has 2 aromatic carbocycles. The predicted molar refractivity (Wildman–Crippen MR) is 88.2 cm³/mol. The van der Waals surface area contributed by atoms with E-state index in [1.165, 1.54) is 5.01 Å². The summed E-state index contributed by atoms with van der Waals surface area (Å²) in [5.74, 6) is 6.18. The van der Waals surface area contributed by atoms with Gasteiger partial charge in [-0.05, 0) is 0 Å². The summed E-state index contributed by atoms with van der Waals surface area (Å²) in [6, 6.07) is 22.1. The average Bonchev–Trinajstić information content (AvgIpc) is 2.62. The van der Waals surface area contributed by atoms with Gasteiger partial charge in [0.15, 0.2) is 11.8 Å². The van der Waals surface area contributed by atoms with Gasteiger partial charge in [0.1, 0.15) is 6.07 Å². The lowest BCUT2D eigenvalue weighted by molar-refractivity contribution is 0.419. The van der Waals surface area contributed by atoms with Gasteiger partial charge in [-0.3, -0.25) is 5.01 Å². The van der Waals surface area contributed by atoms with Gasteiger partial charge in [-0.15, -0.1) is 0 Å². The highest BCUT2D eigenvalue weighted by Crippen LogP contribution is 2.33. The lowest BCUT2D eigenvalue weighted by Crippen LogP contribution is -2.45. The standard InChI is InChI=1S/C18H13N5/c19-11-15-16(12-20)23(21)18(14-9-5-2-6-10-14)17(22-15)13-7-3-1-4-8-13/h1-10,16H,21H2. The first-order valence-electron chi connectivity index (χ1n) is 7.03. The molecule has 1 aliphatic heterocycles. The van der Waals surface area contributed by atoms with Gasteiger partial charge in [-0.2, -0.15) is 10.5 Å². The monoisotopic (exact) mass is 299 g/mol. The molecule has 1 heterocycles. The molecular formula is C18H13N5. The Hall–Kier alpha value is -3.41. The second-order valence-electron chi connectivity index (χ2n) is 4.98. The number of nitrogens with zero attached hydrogens (tertiary/aromatic N) is 4. The maximum absolute atomic E-state index is 9.36. The zero-order chi connectivity index (χ0) is 16.2. The highest BCUT2D eigenvalue weighted by atomic mass is 15.4. The quantitative estimate of drug-likeness (QED) is 0.863. The third kappa shape index (κ3) is 2.57. The molecule has 0 radical (unpaired) electrons. The number of nitrogens with two attached hydrogens (primary N) is 1. The van der Waals surface area contributed by atoms with Crippen LogP contribution < -0.4 is 5.84 Å². The second kappa shape index (κ2) is 6.15. The zero-order valence-corrected chi connectivity index (χ0v) is 12.2. The van der Waals surface area contributed by atoms with E-state index in [-0.39, 0.29) is 5.71 Å². The lowest BCUT2D eigenvalue weighted by atomic mass is 10.00. The molecule has 0 fully saturated rings. The lowest BCUT2D eigenvalue weighted by Gasteiger charge is -2.31. The normalized spacial score (nSPS) is 17.3. The van der Waals surface area contributed by atoms with E-state index in [0.29, 0.717) is 11.4 Å². The smallest absolute Gasteiger partial charge is 0.183 e. The Labute approximate surface area is 134 Å². The van der Waals surface area contributed by atoms with E-state index in [9.17, 15) is 10.5 Å². The molecule has 2 N–H and O–H groups in total. The minimum atomic E-state index is -0.900. The van der Waals surface area contributed by atoms with Gasteiger partial charge in [-0.1, -0.05) is 60.7 Å². The van der Waals surface area contributed by atoms with Gasteiger partial charge in [0.05, 0.1) is 17.5 Å². The summed E-state index contributed by atoms with van der Waals surface area (Å²) in [4.78, 5) is 4.42. The molecule has 1 aliphatic rings. The van der Waals surface area contributed by atoms with Gasteiger partial charge in [-0.25, -0.2) is 10.8 Å². The van der Waals surface area contributed by atoms with Gasteiger partial charge in [0.25, 0.3) is 0 Å². The first-order valence-corrected chi connectivity index (χ1v) is 7.03. The Balaban J connectivity index is 2.29. The van der Waals surface area contributed by atoms with Crippen LogP contribution in [-0.4, -0.2) is 16.8 Å². The number of aliphatic imine (C=N–C) groups is 1. The summed E-state index contributed by atoms with van der Waals surface area (Å²) in [5.41, 5.74) is 2.99. The molecule has 0 aromatic heterocycles. The Morgan fingerprint density at radius 3 is 2.00 bits per heavy atom. The minimum Gasteiger partial charge on any atom is -0.284 e. The van der Waals surface area contributed by atoms with Crippen molar-refractivity contribution in [3.05, 3.63) is 71.8 Å². The fourth-order valence-corrected chi connectivity index (χ4v) is 2.51.